The van der Waals surface area contributed by atoms with E-state index in [-0.39, 0.29) is 0 Å². The quantitative estimate of drug-likeness (QED) is 0.0308. The molecule has 0 bridgehead atoms. The molecule has 9 heterocycles. The van der Waals surface area contributed by atoms with Gasteiger partial charge in [0.05, 0.1) is 61.5 Å². The predicted molar refractivity (Wildman–Crippen MR) is 229 cm³/mol. The number of hydrogen-bond donors (Lipinski definition) is 7. The van der Waals surface area contributed by atoms with Crippen molar-refractivity contribution in [1.82, 2.24) is 80.0 Å². The Hall–Kier alpha value is -7.50. The molecule has 0 aliphatic rings. The number of nitrogens with one attached hydrogen (secondary N) is 5. The van der Waals surface area contributed by atoms with Gasteiger partial charge in [-0.1, -0.05) is 23.8 Å². The van der Waals surface area contributed by atoms with E-state index in [4.69, 9.17) is 36.3 Å². The first kappa shape index (κ1) is 45.2. The summed E-state index contributed by atoms with van der Waals surface area (Å²) in [5.41, 5.74) is 9.18. The fourth-order valence-electron chi connectivity index (χ4n) is 5.07. The number of carbonyl (C=O) groups is 1. The molecule has 0 saturated heterocycles. The highest BCUT2D eigenvalue weighted by Crippen LogP contribution is 2.29. The van der Waals surface area contributed by atoms with Gasteiger partial charge in [-0.25, -0.2) is 40.4 Å². The standard InChI is InChI=1S/2C11H11N5O.C8H7ClN2O.C3H5N3.C2H5NS.CH4N2O/c1-7-14-6-16(15-7)11-10-8(3-4-12-10)9(17-2)5-13-11;1-7-14-6-15-16(7)11-10-8(3-4-12-10)9(17-2)5-13-11;1-12-6-4-11-8(9)7-5(6)2-3-10-7;1-3-4-2-5-6-3;1-2(3)4;2-3-1-4/h2*3-6,12H,1-2H3;2-4,10H,1H3;2H,1H3,(H,4,5,6);1H3,(H2,3,4);1H,2H2,(H,3,4). The molecule has 0 saturated carbocycles. The minimum absolute atomic E-state index is 0.403. The second kappa shape index (κ2) is 22.4. The van der Waals surface area contributed by atoms with Crippen LogP contribution in [0.5, 0.6) is 17.2 Å². The van der Waals surface area contributed by atoms with Crippen molar-refractivity contribution in [2.75, 3.05) is 21.3 Å². The van der Waals surface area contributed by atoms with Gasteiger partial charge in [-0.05, 0) is 45.9 Å². The predicted octanol–water partition coefficient (Wildman–Crippen LogP) is 4.16. The Kier molecular flexibility index (Phi) is 16.9. The summed E-state index contributed by atoms with van der Waals surface area (Å²) < 4.78 is 19.0. The smallest absolute Gasteiger partial charge is 0.221 e. The summed E-state index contributed by atoms with van der Waals surface area (Å²) in [6.07, 6.45) is 15.5. The summed E-state index contributed by atoms with van der Waals surface area (Å²) in [5, 5.41) is 18.0. The Morgan fingerprint density at radius 1 is 0.783 bits per heavy atom. The lowest BCUT2D eigenvalue weighted by atomic mass is 10.3. The van der Waals surface area contributed by atoms with E-state index in [9.17, 15) is 0 Å². The van der Waals surface area contributed by atoms with Crippen molar-refractivity contribution in [3.63, 3.8) is 0 Å². The maximum absolute atomic E-state index is 8.94. The zero-order valence-electron chi connectivity index (χ0n) is 33.5. The summed E-state index contributed by atoms with van der Waals surface area (Å²) in [6.45, 7) is 7.25. The van der Waals surface area contributed by atoms with E-state index in [2.05, 4.69) is 83.3 Å². The Bertz CT molecular complexity index is 2700. The van der Waals surface area contributed by atoms with Crippen LogP contribution in [0.1, 0.15) is 24.4 Å². The maximum atomic E-state index is 8.94. The molecule has 0 aliphatic carbocycles. The number of methoxy groups -OCH3 is 3. The van der Waals surface area contributed by atoms with Gasteiger partial charge in [0.15, 0.2) is 16.8 Å². The Morgan fingerprint density at radius 3 is 1.70 bits per heavy atom. The zero-order valence-corrected chi connectivity index (χ0v) is 35.1. The van der Waals surface area contributed by atoms with E-state index in [0.717, 1.165) is 67.4 Å². The van der Waals surface area contributed by atoms with Gasteiger partial charge in [0.2, 0.25) is 6.41 Å². The fraction of sp³-hybridized carbons (Fsp3) is 0.194. The number of hydrazine groups is 1. The number of hydrogen-bond acceptors (Lipinski definition) is 15. The summed E-state index contributed by atoms with van der Waals surface area (Å²) in [5.74, 6) is 10.4. The number of fused-ring (bicyclic) bond motifs is 3. The Balaban J connectivity index is 0.000000173. The average molecular weight is 859 g/mol. The first-order valence-corrected chi connectivity index (χ1v) is 18.1. The van der Waals surface area contributed by atoms with Crippen LogP contribution >= 0.6 is 23.8 Å². The number of aryl methyl sites for hydroxylation is 3. The van der Waals surface area contributed by atoms with Crippen molar-refractivity contribution in [3.8, 4) is 28.9 Å². The van der Waals surface area contributed by atoms with E-state index >= 15 is 0 Å². The van der Waals surface area contributed by atoms with Gasteiger partial charge in [0, 0.05) is 34.7 Å². The number of aromatic nitrogens is 15. The van der Waals surface area contributed by atoms with Crippen molar-refractivity contribution in [2.45, 2.75) is 27.7 Å². The van der Waals surface area contributed by atoms with E-state index in [1.54, 1.807) is 74.2 Å². The molecule has 0 atom stereocenters. The largest absolute Gasteiger partial charge is 0.494 e. The van der Waals surface area contributed by atoms with Gasteiger partial charge >= 0.3 is 0 Å². The van der Waals surface area contributed by atoms with Gasteiger partial charge < -0.3 is 34.9 Å². The first-order chi connectivity index (χ1) is 29.0. The van der Waals surface area contributed by atoms with E-state index in [1.165, 1.54) is 12.7 Å². The molecule has 314 valence electrons. The minimum Gasteiger partial charge on any atom is -0.494 e. The van der Waals surface area contributed by atoms with Gasteiger partial charge in [-0.3, -0.25) is 15.3 Å². The fourth-order valence-corrected chi connectivity index (χ4v) is 5.27. The third-order valence-corrected chi connectivity index (χ3v) is 7.89. The number of H-pyrrole nitrogens is 4. The number of ether oxygens (including phenoxy) is 3. The molecule has 1 amide bonds. The highest BCUT2D eigenvalue weighted by molar-refractivity contribution is 7.80. The second-order valence-corrected chi connectivity index (χ2v) is 12.6. The van der Waals surface area contributed by atoms with Crippen molar-refractivity contribution >= 4 is 67.9 Å². The van der Waals surface area contributed by atoms with Crippen LogP contribution in [0.4, 0.5) is 0 Å². The summed E-state index contributed by atoms with van der Waals surface area (Å²) in [6, 6.07) is 5.80. The number of aromatic amines is 4. The van der Waals surface area contributed by atoms with Crippen molar-refractivity contribution in [1.29, 1.82) is 0 Å². The summed E-state index contributed by atoms with van der Waals surface area (Å²) in [4.78, 5) is 43.3. The molecule has 9 aromatic rings. The molecule has 0 fully saturated rings. The monoisotopic (exact) mass is 858 g/mol. The van der Waals surface area contributed by atoms with Crippen molar-refractivity contribution in [3.05, 3.63) is 97.0 Å². The lowest BCUT2D eigenvalue weighted by Crippen LogP contribution is -2.18. The molecule has 60 heavy (non-hydrogen) atoms. The molecule has 0 aromatic carbocycles. The molecule has 9 aromatic heterocycles. The molecular weight excluding hydrogens is 816 g/mol. The number of rotatable bonds is 6. The van der Waals surface area contributed by atoms with Gasteiger partial charge in [0.1, 0.15) is 53.7 Å². The van der Waals surface area contributed by atoms with Crippen LogP contribution in [-0.4, -0.2) is 107 Å². The van der Waals surface area contributed by atoms with Gasteiger partial charge in [0.25, 0.3) is 0 Å². The van der Waals surface area contributed by atoms with Crippen LogP contribution in [0.2, 0.25) is 5.15 Å². The third kappa shape index (κ3) is 11.8. The van der Waals surface area contributed by atoms with E-state index in [1.807, 2.05) is 51.4 Å². The van der Waals surface area contributed by atoms with Gasteiger partial charge in [-0.2, -0.15) is 20.0 Å². The van der Waals surface area contributed by atoms with Crippen LogP contribution in [0.3, 0.4) is 0 Å². The highest BCUT2D eigenvalue weighted by atomic mass is 35.5. The van der Waals surface area contributed by atoms with Crippen LogP contribution in [0.25, 0.3) is 44.3 Å². The molecule has 22 nitrogen and oxygen atoms in total. The number of halogens is 1. The number of amides is 1. The molecule has 24 heteroatoms. The molecule has 0 unspecified atom stereocenters. The Morgan fingerprint density at radius 2 is 1.28 bits per heavy atom. The van der Waals surface area contributed by atoms with Crippen molar-refractivity contribution < 1.29 is 19.0 Å². The lowest BCUT2D eigenvalue weighted by Gasteiger charge is -2.06. The van der Waals surface area contributed by atoms with Crippen LogP contribution in [-0.2, 0) is 4.79 Å². The molecule has 0 radical (unpaired) electrons. The molecular formula is C36H43ClN18O4S. The van der Waals surface area contributed by atoms with Gasteiger partial charge in [-0.15, -0.1) is 0 Å². The summed E-state index contributed by atoms with van der Waals surface area (Å²) >= 11 is 10.1. The molecule has 0 aliphatic heterocycles. The normalized spacial score (nSPS) is 9.95. The molecule has 9 rings (SSSR count). The molecule has 9 N–H and O–H groups in total. The number of nitrogens with zero attached hydrogens (tertiary/aromatic N) is 11. The van der Waals surface area contributed by atoms with E-state index < -0.39 is 0 Å². The number of pyridine rings is 3. The van der Waals surface area contributed by atoms with Crippen LogP contribution in [0.15, 0.2) is 74.4 Å². The number of carbonyl (C=O) groups excluding carboxylic acids is 1. The molecule has 0 spiro atoms. The lowest BCUT2D eigenvalue weighted by molar-refractivity contribution is -0.109. The SMILES string of the molecule is CC(N)=S.COc1cnc(-n2cnc(C)n2)c2[nH]ccc12.COc1cnc(-n2ncnc2C)c2[nH]ccc12.COc1cnc(Cl)c2[nH]ccc12.Cc1ncn[nH]1.NNC=O. The highest BCUT2D eigenvalue weighted by Gasteiger charge is 2.13. The average Bonchev–Trinajstić information content (AvgIpc) is 4.10. The topological polar surface area (TPSA) is 298 Å². The first-order valence-electron chi connectivity index (χ1n) is 17.4. The third-order valence-electron chi connectivity index (χ3n) is 7.60. The maximum Gasteiger partial charge on any atom is 0.221 e. The Labute approximate surface area is 352 Å². The number of thiocarbonyl (C=S) groups is 1. The minimum atomic E-state index is 0.403. The van der Waals surface area contributed by atoms with Crippen LogP contribution < -0.4 is 31.2 Å². The van der Waals surface area contributed by atoms with Crippen molar-refractivity contribution in [2.24, 2.45) is 11.6 Å². The van der Waals surface area contributed by atoms with Crippen LogP contribution in [0, 0.1) is 20.8 Å². The van der Waals surface area contributed by atoms with E-state index in [0.29, 0.717) is 28.2 Å². The number of nitrogens with two attached hydrogens (primary N) is 2. The summed E-state index contributed by atoms with van der Waals surface area (Å²) in [7, 11) is 4.87. The zero-order chi connectivity index (χ0) is 43.6. The second-order valence-electron chi connectivity index (χ2n) is 11.6.